The molecule has 13 heavy (non-hydrogen) atoms. The quantitative estimate of drug-likeness (QED) is 0.663. The number of hydrogen-bond donors (Lipinski definition) is 1. The zero-order valence-electron chi connectivity index (χ0n) is 6.68. The molecule has 0 aromatic heterocycles. The fourth-order valence-corrected chi connectivity index (χ4v) is 1.24. The molecular formula is C9H7F2NO. The third-order valence-electron chi connectivity index (χ3n) is 1.76. The average Bonchev–Trinajstić information content (AvgIpc) is 2.02. The molecule has 2 nitrogen and oxygen atoms in total. The van der Waals surface area contributed by atoms with Crippen molar-refractivity contribution < 1.29 is 13.5 Å². The standard InChI is InChI=1S/C9H7F2NO/c10-6-1-5-2-7(12)4-13-9(5)8(11)3-6/h1-3H,4,12H2. The predicted molar refractivity (Wildman–Crippen MR) is 44.0 cm³/mol. The van der Waals surface area contributed by atoms with Crippen LogP contribution in [0.25, 0.3) is 6.08 Å². The molecule has 1 aliphatic heterocycles. The number of fused-ring (bicyclic) bond motifs is 1. The lowest BCUT2D eigenvalue weighted by Crippen LogP contribution is -2.14. The van der Waals surface area contributed by atoms with Crippen molar-refractivity contribution in [1.29, 1.82) is 0 Å². The van der Waals surface area contributed by atoms with E-state index in [0.717, 1.165) is 6.07 Å². The van der Waals surface area contributed by atoms with Gasteiger partial charge in [0.05, 0.1) is 0 Å². The Kier molecular flexibility index (Phi) is 1.69. The van der Waals surface area contributed by atoms with E-state index in [9.17, 15) is 8.78 Å². The fourth-order valence-electron chi connectivity index (χ4n) is 1.24. The van der Waals surface area contributed by atoms with Crippen molar-refractivity contribution in [3.8, 4) is 5.75 Å². The highest BCUT2D eigenvalue weighted by molar-refractivity contribution is 5.61. The number of halogens is 2. The van der Waals surface area contributed by atoms with E-state index in [2.05, 4.69) is 0 Å². The van der Waals surface area contributed by atoms with Gasteiger partial charge in [0, 0.05) is 17.3 Å². The second kappa shape index (κ2) is 2.73. The van der Waals surface area contributed by atoms with E-state index in [1.54, 1.807) is 0 Å². The van der Waals surface area contributed by atoms with Crippen LogP contribution < -0.4 is 10.5 Å². The van der Waals surface area contributed by atoms with E-state index in [-0.39, 0.29) is 12.4 Å². The molecular weight excluding hydrogens is 176 g/mol. The van der Waals surface area contributed by atoms with Crippen LogP contribution in [-0.4, -0.2) is 6.61 Å². The van der Waals surface area contributed by atoms with Crippen LogP contribution in [0.2, 0.25) is 0 Å². The summed E-state index contributed by atoms with van der Waals surface area (Å²) in [4.78, 5) is 0. The minimum Gasteiger partial charge on any atom is -0.484 e. The Morgan fingerprint density at radius 1 is 1.31 bits per heavy atom. The van der Waals surface area contributed by atoms with E-state index in [4.69, 9.17) is 10.5 Å². The van der Waals surface area contributed by atoms with Gasteiger partial charge in [-0.15, -0.1) is 0 Å². The lowest BCUT2D eigenvalue weighted by atomic mass is 10.1. The zero-order chi connectivity index (χ0) is 9.42. The van der Waals surface area contributed by atoms with Gasteiger partial charge in [-0.2, -0.15) is 0 Å². The molecule has 0 saturated carbocycles. The van der Waals surface area contributed by atoms with Crippen molar-refractivity contribution in [2.45, 2.75) is 0 Å². The monoisotopic (exact) mass is 183 g/mol. The molecule has 0 saturated heterocycles. The minimum atomic E-state index is -0.696. The van der Waals surface area contributed by atoms with Gasteiger partial charge in [-0.05, 0) is 12.1 Å². The first-order valence-electron chi connectivity index (χ1n) is 3.75. The van der Waals surface area contributed by atoms with E-state index in [0.29, 0.717) is 11.3 Å². The van der Waals surface area contributed by atoms with Crippen molar-refractivity contribution in [2.24, 2.45) is 5.73 Å². The smallest absolute Gasteiger partial charge is 0.168 e. The van der Waals surface area contributed by atoms with Crippen molar-refractivity contribution in [3.63, 3.8) is 0 Å². The maximum atomic E-state index is 13.0. The SMILES string of the molecule is NC1=Cc2cc(F)cc(F)c2OC1. The average molecular weight is 183 g/mol. The minimum absolute atomic E-state index is 0.0654. The summed E-state index contributed by atoms with van der Waals surface area (Å²) >= 11 is 0. The summed E-state index contributed by atoms with van der Waals surface area (Å²) in [5.41, 5.74) is 6.25. The molecule has 2 N–H and O–H groups in total. The van der Waals surface area contributed by atoms with Crippen LogP contribution in [-0.2, 0) is 0 Å². The lowest BCUT2D eigenvalue weighted by molar-refractivity contribution is 0.324. The predicted octanol–water partition coefficient (Wildman–Crippen LogP) is 1.66. The summed E-state index contributed by atoms with van der Waals surface area (Å²) in [6, 6.07) is 1.97. The Morgan fingerprint density at radius 3 is 2.85 bits per heavy atom. The number of benzene rings is 1. The highest BCUT2D eigenvalue weighted by Gasteiger charge is 2.15. The van der Waals surface area contributed by atoms with Gasteiger partial charge in [-0.3, -0.25) is 0 Å². The van der Waals surface area contributed by atoms with Crippen LogP contribution in [0.3, 0.4) is 0 Å². The Labute approximate surface area is 73.6 Å². The number of rotatable bonds is 0. The fraction of sp³-hybridized carbons (Fsp3) is 0.111. The van der Waals surface area contributed by atoms with Crippen molar-refractivity contribution in [3.05, 3.63) is 35.0 Å². The summed E-state index contributed by atoms with van der Waals surface area (Å²) in [7, 11) is 0. The highest BCUT2D eigenvalue weighted by atomic mass is 19.1. The molecule has 0 amide bonds. The molecule has 68 valence electrons. The van der Waals surface area contributed by atoms with Crippen LogP contribution in [0.5, 0.6) is 5.75 Å². The van der Waals surface area contributed by atoms with Gasteiger partial charge in [0.25, 0.3) is 0 Å². The second-order valence-electron chi connectivity index (χ2n) is 2.81. The summed E-state index contributed by atoms with van der Waals surface area (Å²) in [6.07, 6.45) is 1.50. The molecule has 0 aliphatic carbocycles. The van der Waals surface area contributed by atoms with E-state index < -0.39 is 11.6 Å². The molecule has 1 heterocycles. The van der Waals surface area contributed by atoms with Crippen LogP contribution in [0.15, 0.2) is 17.8 Å². The Balaban J connectivity index is 2.61. The molecule has 1 aromatic carbocycles. The van der Waals surface area contributed by atoms with Gasteiger partial charge in [0.2, 0.25) is 0 Å². The maximum Gasteiger partial charge on any atom is 0.168 e. The first kappa shape index (κ1) is 8.04. The lowest BCUT2D eigenvalue weighted by Gasteiger charge is -2.15. The molecule has 0 radical (unpaired) electrons. The third-order valence-corrected chi connectivity index (χ3v) is 1.76. The zero-order valence-corrected chi connectivity index (χ0v) is 6.68. The normalized spacial score (nSPS) is 14.5. The Hall–Kier alpha value is -1.58. The summed E-state index contributed by atoms with van der Waals surface area (Å²) in [5.74, 6) is -1.26. The Morgan fingerprint density at radius 2 is 2.08 bits per heavy atom. The molecule has 0 spiro atoms. The van der Waals surface area contributed by atoms with E-state index in [1.807, 2.05) is 0 Å². The van der Waals surface area contributed by atoms with Gasteiger partial charge in [0.15, 0.2) is 11.6 Å². The molecule has 0 atom stereocenters. The van der Waals surface area contributed by atoms with Crippen molar-refractivity contribution in [2.75, 3.05) is 6.61 Å². The van der Waals surface area contributed by atoms with Gasteiger partial charge in [-0.1, -0.05) is 0 Å². The van der Waals surface area contributed by atoms with E-state index >= 15 is 0 Å². The molecule has 1 aliphatic rings. The van der Waals surface area contributed by atoms with Gasteiger partial charge in [0.1, 0.15) is 12.4 Å². The number of hydrogen-bond acceptors (Lipinski definition) is 2. The molecule has 0 unspecified atom stereocenters. The van der Waals surface area contributed by atoms with Gasteiger partial charge >= 0.3 is 0 Å². The second-order valence-corrected chi connectivity index (χ2v) is 2.81. The van der Waals surface area contributed by atoms with Crippen molar-refractivity contribution >= 4 is 6.08 Å². The molecule has 0 bridgehead atoms. The van der Waals surface area contributed by atoms with Gasteiger partial charge < -0.3 is 10.5 Å². The van der Waals surface area contributed by atoms with Crippen molar-refractivity contribution in [1.82, 2.24) is 0 Å². The molecule has 2 rings (SSSR count). The third kappa shape index (κ3) is 1.35. The van der Waals surface area contributed by atoms with Crippen LogP contribution >= 0.6 is 0 Å². The maximum absolute atomic E-state index is 13.0. The van der Waals surface area contributed by atoms with Crippen LogP contribution in [0, 0.1) is 11.6 Å². The Bertz CT molecular complexity index is 387. The van der Waals surface area contributed by atoms with Crippen LogP contribution in [0.1, 0.15) is 5.56 Å². The molecule has 0 fully saturated rings. The number of ether oxygens (including phenoxy) is 1. The highest BCUT2D eigenvalue weighted by Crippen LogP contribution is 2.28. The summed E-state index contributed by atoms with van der Waals surface area (Å²) < 4.78 is 30.7. The number of nitrogens with two attached hydrogens (primary N) is 1. The molecule has 4 heteroatoms. The first-order valence-corrected chi connectivity index (χ1v) is 3.75. The topological polar surface area (TPSA) is 35.2 Å². The first-order chi connectivity index (χ1) is 6.16. The van der Waals surface area contributed by atoms with E-state index in [1.165, 1.54) is 12.1 Å². The van der Waals surface area contributed by atoms with Gasteiger partial charge in [-0.25, -0.2) is 8.78 Å². The summed E-state index contributed by atoms with van der Waals surface area (Å²) in [5, 5.41) is 0. The summed E-state index contributed by atoms with van der Waals surface area (Å²) in [6.45, 7) is 0.148. The largest absolute Gasteiger partial charge is 0.484 e. The van der Waals surface area contributed by atoms with Crippen LogP contribution in [0.4, 0.5) is 8.78 Å². The molecule has 1 aromatic rings.